The molecule has 2 aromatic carbocycles. The van der Waals surface area contributed by atoms with Crippen LogP contribution in [-0.2, 0) is 11.3 Å². The molecular formula is C19H19F2NO4. The van der Waals surface area contributed by atoms with Crippen LogP contribution in [-0.4, -0.2) is 36.7 Å². The molecular weight excluding hydrogens is 344 g/mol. The summed E-state index contributed by atoms with van der Waals surface area (Å²) in [4.78, 5) is 14.2. The van der Waals surface area contributed by atoms with Crippen molar-refractivity contribution in [3.05, 3.63) is 54.1 Å². The van der Waals surface area contributed by atoms with E-state index >= 15 is 0 Å². The van der Waals surface area contributed by atoms with Gasteiger partial charge >= 0.3 is 6.61 Å². The van der Waals surface area contributed by atoms with E-state index in [-0.39, 0.29) is 11.7 Å². The van der Waals surface area contributed by atoms with E-state index in [1.807, 2.05) is 12.1 Å². The van der Waals surface area contributed by atoms with Crippen molar-refractivity contribution in [2.45, 2.75) is 32.3 Å². The molecule has 0 radical (unpaired) electrons. The lowest BCUT2D eigenvalue weighted by atomic mass is 10.1. The Morgan fingerprint density at radius 3 is 2.35 bits per heavy atom. The summed E-state index contributed by atoms with van der Waals surface area (Å²) in [7, 11) is 1.66. The van der Waals surface area contributed by atoms with Gasteiger partial charge in [0.2, 0.25) is 6.10 Å². The maximum absolute atomic E-state index is 12.7. The second-order valence-corrected chi connectivity index (χ2v) is 6.02. The minimum absolute atomic E-state index is 0.0759. The van der Waals surface area contributed by atoms with E-state index in [0.29, 0.717) is 18.0 Å². The molecule has 1 aliphatic rings. The van der Waals surface area contributed by atoms with Crippen LogP contribution >= 0.6 is 0 Å². The van der Waals surface area contributed by atoms with Gasteiger partial charge in [0.25, 0.3) is 5.91 Å². The lowest BCUT2D eigenvalue weighted by Crippen LogP contribution is -2.49. The van der Waals surface area contributed by atoms with Crippen molar-refractivity contribution in [1.29, 1.82) is 0 Å². The van der Waals surface area contributed by atoms with E-state index in [4.69, 9.17) is 9.47 Å². The lowest BCUT2D eigenvalue weighted by molar-refractivity contribution is -0.143. The number of ether oxygens (including phenoxy) is 3. The van der Waals surface area contributed by atoms with Gasteiger partial charge in [0.1, 0.15) is 11.9 Å². The molecule has 2 aromatic rings. The number of halogens is 2. The lowest BCUT2D eigenvalue weighted by Gasteiger charge is -2.33. The Kier molecular flexibility index (Phi) is 5.25. The second kappa shape index (κ2) is 7.59. The number of fused-ring (bicyclic) bond motifs is 1. The Morgan fingerprint density at radius 1 is 1.12 bits per heavy atom. The molecule has 0 saturated heterocycles. The van der Waals surface area contributed by atoms with Crippen LogP contribution in [0, 0.1) is 0 Å². The van der Waals surface area contributed by atoms with Gasteiger partial charge in [0.15, 0.2) is 11.5 Å². The fourth-order valence-electron chi connectivity index (χ4n) is 2.74. The van der Waals surface area contributed by atoms with Crippen LogP contribution in [0.25, 0.3) is 0 Å². The summed E-state index contributed by atoms with van der Waals surface area (Å²) in [5.41, 5.74) is 0.784. The van der Waals surface area contributed by atoms with Gasteiger partial charge in [-0.2, -0.15) is 8.78 Å². The van der Waals surface area contributed by atoms with Crippen molar-refractivity contribution in [2.24, 2.45) is 0 Å². The highest BCUT2D eigenvalue weighted by Crippen LogP contribution is 2.33. The summed E-state index contributed by atoms with van der Waals surface area (Å²) in [6, 6.07) is 13.4. The van der Waals surface area contributed by atoms with Crippen LogP contribution in [0.15, 0.2) is 48.5 Å². The van der Waals surface area contributed by atoms with E-state index in [9.17, 15) is 13.6 Å². The first-order valence-corrected chi connectivity index (χ1v) is 8.15. The zero-order valence-corrected chi connectivity index (χ0v) is 14.4. The Balaban J connectivity index is 1.64. The van der Waals surface area contributed by atoms with E-state index < -0.39 is 18.8 Å². The van der Waals surface area contributed by atoms with E-state index in [1.165, 1.54) is 17.0 Å². The molecule has 3 rings (SSSR count). The first-order valence-electron chi connectivity index (χ1n) is 8.15. The van der Waals surface area contributed by atoms with Crippen molar-refractivity contribution in [3.8, 4) is 17.2 Å². The summed E-state index contributed by atoms with van der Waals surface area (Å²) in [5.74, 6) is 0.999. The van der Waals surface area contributed by atoms with E-state index in [2.05, 4.69) is 4.74 Å². The molecule has 0 N–H and O–H groups in total. The number of para-hydroxylation sites is 2. The fourth-order valence-corrected chi connectivity index (χ4v) is 2.74. The number of nitrogens with zero attached hydrogens (tertiary/aromatic N) is 1. The Hall–Kier alpha value is -2.83. The molecule has 1 amide bonds. The highest BCUT2D eigenvalue weighted by molar-refractivity contribution is 5.82. The topological polar surface area (TPSA) is 48.0 Å². The molecule has 0 unspecified atom stereocenters. The van der Waals surface area contributed by atoms with Crippen molar-refractivity contribution in [3.63, 3.8) is 0 Å². The number of benzene rings is 2. The van der Waals surface area contributed by atoms with Gasteiger partial charge in [0, 0.05) is 13.6 Å². The predicted molar refractivity (Wildman–Crippen MR) is 90.5 cm³/mol. The summed E-state index contributed by atoms with van der Waals surface area (Å²) < 4.78 is 40.2. The van der Waals surface area contributed by atoms with Gasteiger partial charge in [-0.25, -0.2) is 0 Å². The number of amides is 1. The number of carbonyl (C=O) groups excluding carboxylic acids is 1. The Labute approximate surface area is 150 Å². The van der Waals surface area contributed by atoms with Gasteiger partial charge in [0.05, 0.1) is 0 Å². The minimum Gasteiger partial charge on any atom is -0.482 e. The number of likely N-dealkylation sites (N-methyl/N-ethyl adjacent to an activating group) is 1. The molecule has 0 saturated carbocycles. The Morgan fingerprint density at radius 2 is 1.73 bits per heavy atom. The third-order valence-corrected chi connectivity index (χ3v) is 4.03. The molecule has 5 nitrogen and oxygen atoms in total. The van der Waals surface area contributed by atoms with Crippen molar-refractivity contribution >= 4 is 5.91 Å². The van der Waals surface area contributed by atoms with Crippen LogP contribution in [0.3, 0.4) is 0 Å². The van der Waals surface area contributed by atoms with Crippen LogP contribution in [0.5, 0.6) is 17.2 Å². The molecule has 2 atom stereocenters. The summed E-state index contributed by atoms with van der Waals surface area (Å²) in [5, 5.41) is 0. The third-order valence-electron chi connectivity index (χ3n) is 4.03. The van der Waals surface area contributed by atoms with Gasteiger partial charge in [-0.1, -0.05) is 24.3 Å². The average Bonchev–Trinajstić information content (AvgIpc) is 2.61. The molecule has 0 bridgehead atoms. The van der Waals surface area contributed by atoms with Crippen molar-refractivity contribution in [1.82, 2.24) is 4.90 Å². The second-order valence-electron chi connectivity index (χ2n) is 6.02. The largest absolute Gasteiger partial charge is 0.482 e. The minimum atomic E-state index is -2.86. The molecule has 26 heavy (non-hydrogen) atoms. The molecule has 0 aromatic heterocycles. The van der Waals surface area contributed by atoms with Gasteiger partial charge in [-0.3, -0.25) is 4.79 Å². The van der Waals surface area contributed by atoms with Crippen molar-refractivity contribution in [2.75, 3.05) is 7.05 Å². The van der Waals surface area contributed by atoms with Gasteiger partial charge in [-0.05, 0) is 36.8 Å². The highest BCUT2D eigenvalue weighted by Gasteiger charge is 2.35. The molecule has 7 heteroatoms. The smallest absolute Gasteiger partial charge is 0.387 e. The number of alkyl halides is 2. The SMILES string of the molecule is C[C@@H]1Oc2ccccc2O[C@H]1C(=O)N(C)Cc1ccc(OC(F)F)cc1. The molecule has 1 aliphatic heterocycles. The summed E-state index contributed by atoms with van der Waals surface area (Å²) in [6.45, 7) is -0.775. The zero-order chi connectivity index (χ0) is 18.7. The number of hydrogen-bond acceptors (Lipinski definition) is 4. The van der Waals surface area contributed by atoms with Gasteiger partial charge < -0.3 is 19.1 Å². The zero-order valence-electron chi connectivity index (χ0n) is 14.4. The summed E-state index contributed by atoms with van der Waals surface area (Å²) >= 11 is 0. The first-order chi connectivity index (χ1) is 12.4. The number of hydrogen-bond donors (Lipinski definition) is 0. The predicted octanol–water partition coefficient (Wildman–Crippen LogP) is 3.47. The maximum Gasteiger partial charge on any atom is 0.387 e. The molecule has 0 spiro atoms. The quantitative estimate of drug-likeness (QED) is 0.816. The third kappa shape index (κ3) is 4.04. The monoisotopic (exact) mass is 363 g/mol. The molecule has 1 heterocycles. The standard InChI is InChI=1S/C19H19F2NO4/c1-12-17(26-16-6-4-3-5-15(16)24-12)18(23)22(2)11-13-7-9-14(10-8-13)25-19(20)21/h3-10,12,17,19H,11H2,1-2H3/t12-,17+/m0/s1. The van der Waals surface area contributed by atoms with Gasteiger partial charge in [-0.15, -0.1) is 0 Å². The average molecular weight is 363 g/mol. The number of carbonyl (C=O) groups is 1. The molecule has 138 valence electrons. The highest BCUT2D eigenvalue weighted by atomic mass is 19.3. The van der Waals surface area contributed by atoms with E-state index in [1.54, 1.807) is 38.2 Å². The number of rotatable bonds is 5. The molecule has 0 aliphatic carbocycles. The fraction of sp³-hybridized carbons (Fsp3) is 0.316. The van der Waals surface area contributed by atoms with Crippen molar-refractivity contribution < 1.29 is 27.8 Å². The summed E-state index contributed by atoms with van der Waals surface area (Å²) in [6.07, 6.45) is -1.18. The molecule has 0 fully saturated rings. The van der Waals surface area contributed by atoms with Crippen LogP contribution in [0.2, 0.25) is 0 Å². The van der Waals surface area contributed by atoms with E-state index in [0.717, 1.165) is 5.56 Å². The normalized spacial score (nSPS) is 18.5. The Bertz CT molecular complexity index is 766. The maximum atomic E-state index is 12.7. The van der Waals surface area contributed by atoms with Crippen LogP contribution in [0.1, 0.15) is 12.5 Å². The van der Waals surface area contributed by atoms with Crippen LogP contribution in [0.4, 0.5) is 8.78 Å². The van der Waals surface area contributed by atoms with Crippen LogP contribution < -0.4 is 14.2 Å². The first kappa shape index (κ1) is 18.0.